The highest BCUT2D eigenvalue weighted by molar-refractivity contribution is 5.84. The number of rotatable bonds is 6. The molecule has 1 heterocycles. The van der Waals surface area contributed by atoms with Gasteiger partial charge in [-0.15, -0.1) is 0 Å². The molecule has 0 bridgehead atoms. The minimum absolute atomic E-state index is 0. The molecule has 0 N–H and O–H groups in total. The molecular weight excluding hydrogens is 381 g/mol. The Morgan fingerprint density at radius 3 is 1.68 bits per heavy atom. The largest absolute Gasteiger partial charge is 1.00 e. The summed E-state index contributed by atoms with van der Waals surface area (Å²) >= 11 is 0. The van der Waals surface area contributed by atoms with E-state index in [0.717, 1.165) is 0 Å². The molecule has 0 fully saturated rings. The first-order valence-electron chi connectivity index (χ1n) is 8.62. The van der Waals surface area contributed by atoms with Crippen molar-refractivity contribution in [3.8, 4) is 0 Å². The third-order valence-corrected chi connectivity index (χ3v) is 5.05. The van der Waals surface area contributed by atoms with Crippen LogP contribution in [0.4, 0.5) is 0 Å². The summed E-state index contributed by atoms with van der Waals surface area (Å²) in [4.78, 5) is 0. The first-order chi connectivity index (χ1) is 10.3. The van der Waals surface area contributed by atoms with Crippen LogP contribution in [0.2, 0.25) is 0 Å². The van der Waals surface area contributed by atoms with Gasteiger partial charge in [0.15, 0.2) is 0 Å². The van der Waals surface area contributed by atoms with Gasteiger partial charge in [0.1, 0.15) is 13.1 Å². The summed E-state index contributed by atoms with van der Waals surface area (Å²) in [6, 6.07) is 13.7. The number of hydrogen-bond acceptors (Lipinski definition) is 0. The first kappa shape index (κ1) is 17.7. The van der Waals surface area contributed by atoms with E-state index in [1.807, 2.05) is 0 Å². The maximum absolute atomic E-state index is 2.45. The summed E-state index contributed by atoms with van der Waals surface area (Å²) in [7, 11) is 0. The molecule has 2 aromatic carbocycles. The maximum Gasteiger partial charge on any atom is 0.105 e. The van der Waals surface area contributed by atoms with Crippen molar-refractivity contribution in [2.75, 3.05) is 13.1 Å². The second-order valence-corrected chi connectivity index (χ2v) is 6.78. The molecule has 22 heavy (non-hydrogen) atoms. The predicted molar refractivity (Wildman–Crippen MR) is 91.2 cm³/mol. The molecule has 1 aliphatic rings. The Morgan fingerprint density at radius 1 is 0.818 bits per heavy atom. The van der Waals surface area contributed by atoms with Crippen molar-refractivity contribution in [2.45, 2.75) is 52.6 Å². The standard InChI is InChI=1S/C20H28N.HI/c1-3-5-11-21(12-6-4-2)15-19-13-17-9-7-8-10-18(17)14-20(19)16-21;/h7-10,13-14H,3-6,11-12,15-16H2,1-2H3;1H/q+1;/p-1. The molecule has 120 valence electrons. The lowest BCUT2D eigenvalue weighted by molar-refractivity contribution is -0.947. The number of quaternary nitrogens is 1. The van der Waals surface area contributed by atoms with E-state index in [0.29, 0.717) is 0 Å². The van der Waals surface area contributed by atoms with Crippen LogP contribution in [0.3, 0.4) is 0 Å². The zero-order chi connectivity index (χ0) is 14.7. The summed E-state index contributed by atoms with van der Waals surface area (Å²) in [5, 5.41) is 2.81. The molecule has 0 spiro atoms. The zero-order valence-electron chi connectivity index (χ0n) is 13.9. The van der Waals surface area contributed by atoms with E-state index in [9.17, 15) is 0 Å². The van der Waals surface area contributed by atoms with Crippen LogP contribution in [0.1, 0.15) is 50.7 Å². The van der Waals surface area contributed by atoms with E-state index in [-0.39, 0.29) is 24.0 Å². The summed E-state index contributed by atoms with van der Waals surface area (Å²) in [5.74, 6) is 0. The van der Waals surface area contributed by atoms with E-state index in [2.05, 4.69) is 50.2 Å². The molecule has 2 aromatic rings. The number of benzene rings is 2. The van der Waals surface area contributed by atoms with Crippen LogP contribution in [-0.2, 0) is 13.1 Å². The molecule has 0 aromatic heterocycles. The van der Waals surface area contributed by atoms with E-state index in [1.165, 1.54) is 67.1 Å². The van der Waals surface area contributed by atoms with Crippen molar-refractivity contribution in [1.82, 2.24) is 0 Å². The van der Waals surface area contributed by atoms with Crippen LogP contribution in [-0.4, -0.2) is 17.6 Å². The highest BCUT2D eigenvalue weighted by Crippen LogP contribution is 2.34. The number of fused-ring (bicyclic) bond motifs is 2. The Balaban J connectivity index is 0.00000176. The molecule has 0 saturated carbocycles. The monoisotopic (exact) mass is 409 g/mol. The maximum atomic E-state index is 2.45. The van der Waals surface area contributed by atoms with Gasteiger partial charge in [0.25, 0.3) is 0 Å². The van der Waals surface area contributed by atoms with Gasteiger partial charge in [-0.3, -0.25) is 0 Å². The van der Waals surface area contributed by atoms with Gasteiger partial charge in [0, 0.05) is 11.1 Å². The molecule has 3 rings (SSSR count). The minimum Gasteiger partial charge on any atom is -1.00 e. The lowest BCUT2D eigenvalue weighted by atomic mass is 10.0. The topological polar surface area (TPSA) is 0 Å². The van der Waals surface area contributed by atoms with E-state index in [1.54, 1.807) is 11.1 Å². The average molecular weight is 409 g/mol. The van der Waals surface area contributed by atoms with Crippen molar-refractivity contribution >= 4 is 10.8 Å². The molecular formula is C20H28IN. The molecule has 1 aliphatic heterocycles. The number of nitrogens with zero attached hydrogens (tertiary/aromatic N) is 1. The van der Waals surface area contributed by atoms with Gasteiger partial charge in [0.2, 0.25) is 0 Å². The fourth-order valence-electron chi connectivity index (χ4n) is 3.82. The molecule has 0 radical (unpaired) electrons. The Labute approximate surface area is 152 Å². The van der Waals surface area contributed by atoms with Gasteiger partial charge >= 0.3 is 0 Å². The fourth-order valence-corrected chi connectivity index (χ4v) is 3.82. The van der Waals surface area contributed by atoms with Gasteiger partial charge in [0.05, 0.1) is 13.1 Å². The van der Waals surface area contributed by atoms with Crippen LogP contribution in [0, 0.1) is 0 Å². The van der Waals surface area contributed by atoms with Crippen molar-refractivity contribution in [3.63, 3.8) is 0 Å². The summed E-state index contributed by atoms with van der Waals surface area (Å²) in [5.41, 5.74) is 3.20. The van der Waals surface area contributed by atoms with Crippen molar-refractivity contribution < 1.29 is 28.5 Å². The minimum atomic E-state index is 0. The van der Waals surface area contributed by atoms with Gasteiger partial charge in [-0.05, 0) is 35.7 Å². The molecule has 0 saturated heterocycles. The number of hydrogen-bond donors (Lipinski definition) is 0. The van der Waals surface area contributed by atoms with Crippen LogP contribution < -0.4 is 24.0 Å². The molecule has 0 amide bonds. The fraction of sp³-hybridized carbons (Fsp3) is 0.500. The highest BCUT2D eigenvalue weighted by Gasteiger charge is 2.34. The molecule has 0 aliphatic carbocycles. The average Bonchev–Trinajstić information content (AvgIpc) is 2.86. The van der Waals surface area contributed by atoms with Crippen LogP contribution in [0.5, 0.6) is 0 Å². The van der Waals surface area contributed by atoms with Crippen molar-refractivity contribution in [1.29, 1.82) is 0 Å². The SMILES string of the molecule is CCCC[N+]1(CCCC)Cc2cc3ccccc3cc2C1.[I-]. The third kappa shape index (κ3) is 3.65. The highest BCUT2D eigenvalue weighted by atomic mass is 127. The second-order valence-electron chi connectivity index (χ2n) is 6.78. The second kappa shape index (κ2) is 7.78. The lowest BCUT2D eigenvalue weighted by Gasteiger charge is -2.34. The van der Waals surface area contributed by atoms with Gasteiger partial charge in [-0.25, -0.2) is 0 Å². The molecule has 2 heteroatoms. The normalized spacial score (nSPS) is 15.5. The smallest absolute Gasteiger partial charge is 0.105 e. The van der Waals surface area contributed by atoms with E-state index in [4.69, 9.17) is 0 Å². The molecule has 1 nitrogen and oxygen atoms in total. The third-order valence-electron chi connectivity index (χ3n) is 5.05. The summed E-state index contributed by atoms with van der Waals surface area (Å²) in [6.45, 7) is 9.82. The zero-order valence-corrected chi connectivity index (χ0v) is 16.1. The predicted octanol–water partition coefficient (Wildman–Crippen LogP) is 2.27. The Bertz CT molecular complexity index is 566. The van der Waals surface area contributed by atoms with Crippen molar-refractivity contribution in [3.05, 3.63) is 47.5 Å². The van der Waals surface area contributed by atoms with Gasteiger partial charge < -0.3 is 28.5 Å². The number of halogens is 1. The molecule has 0 unspecified atom stereocenters. The van der Waals surface area contributed by atoms with Gasteiger partial charge in [-0.2, -0.15) is 0 Å². The van der Waals surface area contributed by atoms with E-state index >= 15 is 0 Å². The van der Waals surface area contributed by atoms with Crippen molar-refractivity contribution in [2.24, 2.45) is 0 Å². The van der Waals surface area contributed by atoms with E-state index < -0.39 is 0 Å². The summed E-state index contributed by atoms with van der Waals surface area (Å²) in [6.07, 6.45) is 5.34. The first-order valence-corrected chi connectivity index (χ1v) is 8.62. The van der Waals surface area contributed by atoms with Crippen LogP contribution >= 0.6 is 0 Å². The van der Waals surface area contributed by atoms with Crippen LogP contribution in [0.25, 0.3) is 10.8 Å². The van der Waals surface area contributed by atoms with Gasteiger partial charge in [-0.1, -0.05) is 51.0 Å². The number of unbranched alkanes of at least 4 members (excludes halogenated alkanes) is 2. The Hall–Kier alpha value is -0.610. The Morgan fingerprint density at radius 2 is 1.27 bits per heavy atom. The van der Waals surface area contributed by atoms with Crippen LogP contribution in [0.15, 0.2) is 36.4 Å². The quantitative estimate of drug-likeness (QED) is 0.508. The Kier molecular flexibility index (Phi) is 6.27. The summed E-state index contributed by atoms with van der Waals surface area (Å²) < 4.78 is 1.30. The lowest BCUT2D eigenvalue weighted by Crippen LogP contribution is -3.00. The molecule has 0 atom stereocenters.